The molecule has 0 aliphatic rings. The maximum atomic E-state index is 5.57. The predicted molar refractivity (Wildman–Crippen MR) is 70.4 cm³/mol. The average Bonchev–Trinajstić information content (AvgIpc) is 2.29. The summed E-state index contributed by atoms with van der Waals surface area (Å²) in [6.45, 7) is 1.36. The monoisotopic (exact) mass is 237 g/mol. The first-order valence-corrected chi connectivity index (χ1v) is 5.22. The van der Waals surface area contributed by atoms with Gasteiger partial charge in [0.1, 0.15) is 5.75 Å². The summed E-state index contributed by atoms with van der Waals surface area (Å²) in [4.78, 5) is 0. The molecule has 0 amide bonds. The molecule has 0 aliphatic heterocycles. The van der Waals surface area contributed by atoms with Gasteiger partial charge in [-0.15, -0.1) is 12.4 Å². The number of ether oxygens (including phenoxy) is 1. The Bertz CT molecular complexity index is 445. The van der Waals surface area contributed by atoms with Crippen LogP contribution in [0.2, 0.25) is 0 Å². The molecule has 0 aromatic heterocycles. The standard InChI is InChI=1S/C13H15NO.ClH/c14-8-3-9-15-13-7-6-11-4-1-2-5-12(11)10-13;/h1-2,4-7,10H,3,8-9,14H2;1H. The summed E-state index contributed by atoms with van der Waals surface area (Å²) >= 11 is 0. The second kappa shape index (κ2) is 6.36. The Labute approximate surface area is 102 Å². The Hall–Kier alpha value is -1.25. The van der Waals surface area contributed by atoms with Crippen LogP contribution in [0.5, 0.6) is 5.75 Å². The zero-order valence-electron chi connectivity index (χ0n) is 9.06. The van der Waals surface area contributed by atoms with Crippen molar-refractivity contribution >= 4 is 23.2 Å². The van der Waals surface area contributed by atoms with Crippen LogP contribution < -0.4 is 10.5 Å². The Kier molecular flexibility index (Phi) is 5.09. The number of rotatable bonds is 4. The van der Waals surface area contributed by atoms with Gasteiger partial charge in [0.15, 0.2) is 0 Å². The summed E-state index contributed by atoms with van der Waals surface area (Å²) in [7, 11) is 0. The van der Waals surface area contributed by atoms with Gasteiger partial charge in [-0.25, -0.2) is 0 Å². The molecular weight excluding hydrogens is 222 g/mol. The first kappa shape index (κ1) is 12.8. The zero-order valence-corrected chi connectivity index (χ0v) is 9.87. The van der Waals surface area contributed by atoms with Crippen LogP contribution in [0, 0.1) is 0 Å². The molecule has 0 radical (unpaired) electrons. The van der Waals surface area contributed by atoms with Crippen molar-refractivity contribution in [3.63, 3.8) is 0 Å². The number of halogens is 1. The van der Waals surface area contributed by atoms with Gasteiger partial charge >= 0.3 is 0 Å². The van der Waals surface area contributed by atoms with Gasteiger partial charge in [0.2, 0.25) is 0 Å². The van der Waals surface area contributed by atoms with Gasteiger partial charge in [0.05, 0.1) is 6.61 Å². The highest BCUT2D eigenvalue weighted by atomic mass is 35.5. The Morgan fingerprint density at radius 1 is 1.00 bits per heavy atom. The fraction of sp³-hybridized carbons (Fsp3) is 0.231. The van der Waals surface area contributed by atoms with E-state index in [9.17, 15) is 0 Å². The first-order valence-electron chi connectivity index (χ1n) is 5.22. The van der Waals surface area contributed by atoms with Gasteiger partial charge in [-0.05, 0) is 35.9 Å². The highest BCUT2D eigenvalue weighted by Gasteiger charge is 1.96. The van der Waals surface area contributed by atoms with Crippen molar-refractivity contribution in [3.05, 3.63) is 42.5 Å². The second-order valence-electron chi connectivity index (χ2n) is 3.50. The maximum Gasteiger partial charge on any atom is 0.119 e. The number of hydrogen-bond donors (Lipinski definition) is 1. The molecule has 2 aromatic rings. The van der Waals surface area contributed by atoms with E-state index in [-0.39, 0.29) is 12.4 Å². The van der Waals surface area contributed by atoms with Gasteiger partial charge < -0.3 is 10.5 Å². The third kappa shape index (κ3) is 3.12. The molecule has 2 aromatic carbocycles. The normalized spacial score (nSPS) is 9.81. The van der Waals surface area contributed by atoms with Crippen LogP contribution in [-0.4, -0.2) is 13.2 Å². The number of hydrogen-bond acceptors (Lipinski definition) is 2. The van der Waals surface area contributed by atoms with Crippen LogP contribution in [0.1, 0.15) is 6.42 Å². The van der Waals surface area contributed by atoms with Crippen LogP contribution in [0.15, 0.2) is 42.5 Å². The van der Waals surface area contributed by atoms with E-state index in [0.29, 0.717) is 13.2 Å². The van der Waals surface area contributed by atoms with Crippen LogP contribution in [0.25, 0.3) is 10.8 Å². The van der Waals surface area contributed by atoms with Crippen molar-refractivity contribution in [1.82, 2.24) is 0 Å². The topological polar surface area (TPSA) is 35.2 Å². The van der Waals surface area contributed by atoms with E-state index in [4.69, 9.17) is 10.5 Å². The molecule has 2 N–H and O–H groups in total. The highest BCUT2D eigenvalue weighted by Crippen LogP contribution is 2.20. The van der Waals surface area contributed by atoms with E-state index in [2.05, 4.69) is 24.3 Å². The Morgan fingerprint density at radius 3 is 2.50 bits per heavy atom. The van der Waals surface area contributed by atoms with Crippen molar-refractivity contribution in [2.45, 2.75) is 6.42 Å². The van der Waals surface area contributed by atoms with Gasteiger partial charge in [-0.2, -0.15) is 0 Å². The number of fused-ring (bicyclic) bond motifs is 1. The first-order chi connectivity index (χ1) is 7.40. The van der Waals surface area contributed by atoms with Crippen LogP contribution in [0.4, 0.5) is 0 Å². The third-order valence-corrected chi connectivity index (χ3v) is 2.34. The van der Waals surface area contributed by atoms with Crippen molar-refractivity contribution in [1.29, 1.82) is 0 Å². The molecule has 0 bridgehead atoms. The Balaban J connectivity index is 0.00000128. The fourth-order valence-electron chi connectivity index (χ4n) is 1.53. The minimum Gasteiger partial charge on any atom is -0.494 e. The summed E-state index contributed by atoms with van der Waals surface area (Å²) in [5, 5.41) is 2.45. The summed E-state index contributed by atoms with van der Waals surface area (Å²) in [5.74, 6) is 0.919. The van der Waals surface area contributed by atoms with E-state index in [1.165, 1.54) is 10.8 Å². The third-order valence-electron chi connectivity index (χ3n) is 2.34. The lowest BCUT2D eigenvalue weighted by Crippen LogP contribution is -2.05. The number of nitrogens with two attached hydrogens (primary N) is 1. The molecule has 0 fully saturated rings. The van der Waals surface area contributed by atoms with Gasteiger partial charge in [-0.1, -0.05) is 30.3 Å². The molecule has 0 heterocycles. The van der Waals surface area contributed by atoms with E-state index in [1.54, 1.807) is 0 Å². The number of benzene rings is 2. The molecule has 0 aliphatic carbocycles. The quantitative estimate of drug-likeness (QED) is 0.830. The smallest absolute Gasteiger partial charge is 0.119 e. The van der Waals surface area contributed by atoms with E-state index in [1.807, 2.05) is 18.2 Å². The minimum atomic E-state index is 0. The van der Waals surface area contributed by atoms with Gasteiger partial charge in [0.25, 0.3) is 0 Å². The highest BCUT2D eigenvalue weighted by molar-refractivity contribution is 5.85. The molecule has 3 heteroatoms. The molecule has 0 spiro atoms. The van der Waals surface area contributed by atoms with Crippen LogP contribution in [0.3, 0.4) is 0 Å². The second-order valence-corrected chi connectivity index (χ2v) is 3.50. The van der Waals surface area contributed by atoms with Gasteiger partial charge in [-0.3, -0.25) is 0 Å². The predicted octanol–water partition coefficient (Wildman–Crippen LogP) is 2.99. The summed E-state index contributed by atoms with van der Waals surface area (Å²) in [6, 6.07) is 14.4. The Morgan fingerprint density at radius 2 is 1.75 bits per heavy atom. The SMILES string of the molecule is Cl.NCCCOc1ccc2ccccc2c1. The van der Waals surface area contributed by atoms with Crippen molar-refractivity contribution in [3.8, 4) is 5.75 Å². The lowest BCUT2D eigenvalue weighted by Gasteiger charge is -2.06. The summed E-state index contributed by atoms with van der Waals surface area (Å²) in [6.07, 6.45) is 0.896. The van der Waals surface area contributed by atoms with Crippen LogP contribution in [-0.2, 0) is 0 Å². The fourth-order valence-corrected chi connectivity index (χ4v) is 1.53. The molecule has 0 saturated carbocycles. The minimum absolute atomic E-state index is 0. The molecular formula is C13H16ClNO. The largest absolute Gasteiger partial charge is 0.494 e. The summed E-state index contributed by atoms with van der Waals surface area (Å²) < 4.78 is 5.57. The van der Waals surface area contributed by atoms with Gasteiger partial charge in [0, 0.05) is 0 Å². The maximum absolute atomic E-state index is 5.57. The van der Waals surface area contributed by atoms with Crippen LogP contribution >= 0.6 is 12.4 Å². The molecule has 86 valence electrons. The zero-order chi connectivity index (χ0) is 10.5. The molecule has 0 saturated heterocycles. The summed E-state index contributed by atoms with van der Waals surface area (Å²) in [5.41, 5.74) is 5.40. The lowest BCUT2D eigenvalue weighted by atomic mass is 10.1. The molecule has 0 unspecified atom stereocenters. The molecule has 2 nitrogen and oxygen atoms in total. The van der Waals surface area contributed by atoms with E-state index < -0.39 is 0 Å². The van der Waals surface area contributed by atoms with Crippen molar-refractivity contribution in [2.24, 2.45) is 5.73 Å². The molecule has 16 heavy (non-hydrogen) atoms. The van der Waals surface area contributed by atoms with E-state index >= 15 is 0 Å². The van der Waals surface area contributed by atoms with E-state index in [0.717, 1.165) is 12.2 Å². The van der Waals surface area contributed by atoms with Crippen molar-refractivity contribution < 1.29 is 4.74 Å². The molecule has 0 atom stereocenters. The molecule has 2 rings (SSSR count). The average molecular weight is 238 g/mol. The lowest BCUT2D eigenvalue weighted by molar-refractivity contribution is 0.314. The van der Waals surface area contributed by atoms with Crippen molar-refractivity contribution in [2.75, 3.05) is 13.2 Å².